The minimum Gasteiger partial charge on any atom is -0.484 e. The largest absolute Gasteiger partial charge is 0.484 e. The molecule has 0 bridgehead atoms. The zero-order valence-corrected chi connectivity index (χ0v) is 11.2. The number of rotatable bonds is 4. The van der Waals surface area contributed by atoms with Gasteiger partial charge in [0.25, 0.3) is 0 Å². The van der Waals surface area contributed by atoms with E-state index in [9.17, 15) is 4.39 Å². The molecule has 0 fully saturated rings. The van der Waals surface area contributed by atoms with Gasteiger partial charge in [0.05, 0.1) is 0 Å². The van der Waals surface area contributed by atoms with Gasteiger partial charge in [-0.15, -0.1) is 0 Å². The monoisotopic (exact) mass is 309 g/mol. The Bertz CT molecular complexity index is 515. The number of benzene rings is 2. The second-order valence-electron chi connectivity index (χ2n) is 3.85. The van der Waals surface area contributed by atoms with Gasteiger partial charge in [0, 0.05) is 17.1 Å². The van der Waals surface area contributed by atoms with Crippen LogP contribution in [0.15, 0.2) is 53.0 Å². The first-order valence-electron chi connectivity index (χ1n) is 5.57. The van der Waals surface area contributed by atoms with Gasteiger partial charge in [-0.1, -0.05) is 34.1 Å². The summed E-state index contributed by atoms with van der Waals surface area (Å²) in [6.07, 6.45) is -0.278. The van der Waals surface area contributed by atoms with Gasteiger partial charge in [0.15, 0.2) is 0 Å². The number of nitrogens with two attached hydrogens (primary N) is 1. The molecule has 0 saturated heterocycles. The van der Waals surface area contributed by atoms with Gasteiger partial charge >= 0.3 is 0 Å². The molecule has 1 unspecified atom stereocenters. The van der Waals surface area contributed by atoms with E-state index < -0.39 is 0 Å². The molecular weight excluding hydrogens is 297 g/mol. The van der Waals surface area contributed by atoms with Crippen molar-refractivity contribution in [3.63, 3.8) is 0 Å². The minimum atomic E-state index is -0.320. The van der Waals surface area contributed by atoms with Crippen molar-refractivity contribution in [1.29, 1.82) is 0 Å². The van der Waals surface area contributed by atoms with Gasteiger partial charge in [-0.25, -0.2) is 4.39 Å². The molecule has 0 aliphatic rings. The lowest BCUT2D eigenvalue weighted by molar-refractivity contribution is 0.213. The zero-order valence-electron chi connectivity index (χ0n) is 9.64. The van der Waals surface area contributed by atoms with E-state index in [1.54, 1.807) is 12.1 Å². The van der Waals surface area contributed by atoms with Crippen LogP contribution in [0.1, 0.15) is 11.7 Å². The normalized spacial score (nSPS) is 12.2. The molecule has 0 aromatic heterocycles. The number of ether oxygens (including phenoxy) is 1. The van der Waals surface area contributed by atoms with Crippen molar-refractivity contribution in [2.75, 3.05) is 6.54 Å². The number of halogens is 2. The Morgan fingerprint density at radius 2 is 1.89 bits per heavy atom. The highest BCUT2D eigenvalue weighted by molar-refractivity contribution is 9.10. The van der Waals surface area contributed by atoms with Crippen molar-refractivity contribution in [2.45, 2.75) is 6.10 Å². The molecule has 4 heteroatoms. The smallest absolute Gasteiger partial charge is 0.136 e. The van der Waals surface area contributed by atoms with Gasteiger partial charge in [-0.2, -0.15) is 0 Å². The maximum Gasteiger partial charge on any atom is 0.136 e. The van der Waals surface area contributed by atoms with Crippen LogP contribution in [-0.4, -0.2) is 6.54 Å². The quantitative estimate of drug-likeness (QED) is 0.935. The highest BCUT2D eigenvalue weighted by Gasteiger charge is 2.11. The first-order chi connectivity index (χ1) is 8.69. The molecule has 2 rings (SSSR count). The Morgan fingerprint density at radius 1 is 1.17 bits per heavy atom. The first kappa shape index (κ1) is 13.1. The molecule has 18 heavy (non-hydrogen) atoms. The Hall–Kier alpha value is -1.39. The molecule has 0 heterocycles. The molecular formula is C14H13BrFNO. The van der Waals surface area contributed by atoms with Crippen molar-refractivity contribution in [1.82, 2.24) is 0 Å². The van der Waals surface area contributed by atoms with E-state index in [1.807, 2.05) is 24.3 Å². The van der Waals surface area contributed by atoms with Crippen LogP contribution in [0.25, 0.3) is 0 Å². The fraction of sp³-hybridized carbons (Fsp3) is 0.143. The molecule has 0 aliphatic heterocycles. The molecule has 0 radical (unpaired) electrons. The van der Waals surface area contributed by atoms with Crippen molar-refractivity contribution in [3.05, 3.63) is 64.4 Å². The van der Waals surface area contributed by atoms with Crippen molar-refractivity contribution in [3.8, 4) is 5.75 Å². The highest BCUT2D eigenvalue weighted by Crippen LogP contribution is 2.23. The molecule has 2 aromatic carbocycles. The summed E-state index contributed by atoms with van der Waals surface area (Å²) < 4.78 is 19.7. The van der Waals surface area contributed by atoms with Gasteiger partial charge in [-0.05, 0) is 29.8 Å². The summed E-state index contributed by atoms with van der Waals surface area (Å²) >= 11 is 3.37. The summed E-state index contributed by atoms with van der Waals surface area (Å²) in [4.78, 5) is 0. The standard InChI is InChI=1S/C14H13BrFNO/c15-11-6-4-10(5-7-11)14(9-17)18-13-3-1-2-12(16)8-13/h1-8,14H,9,17H2. The van der Waals surface area contributed by atoms with E-state index in [4.69, 9.17) is 10.5 Å². The highest BCUT2D eigenvalue weighted by atomic mass is 79.9. The molecule has 1 atom stereocenters. The van der Waals surface area contributed by atoms with Gasteiger partial charge in [-0.3, -0.25) is 0 Å². The van der Waals surface area contributed by atoms with Crippen LogP contribution in [0.3, 0.4) is 0 Å². The molecule has 0 aliphatic carbocycles. The van der Waals surface area contributed by atoms with Crippen LogP contribution in [0, 0.1) is 5.82 Å². The minimum absolute atomic E-state index is 0.278. The van der Waals surface area contributed by atoms with Crippen molar-refractivity contribution in [2.24, 2.45) is 5.73 Å². The predicted molar refractivity (Wildman–Crippen MR) is 73.0 cm³/mol. The zero-order chi connectivity index (χ0) is 13.0. The van der Waals surface area contributed by atoms with Crippen molar-refractivity contribution >= 4 is 15.9 Å². The van der Waals surface area contributed by atoms with Gasteiger partial charge < -0.3 is 10.5 Å². The van der Waals surface area contributed by atoms with Crippen LogP contribution < -0.4 is 10.5 Å². The Kier molecular flexibility index (Phi) is 4.33. The number of hydrogen-bond acceptors (Lipinski definition) is 2. The second kappa shape index (κ2) is 5.98. The lowest BCUT2D eigenvalue weighted by Crippen LogP contribution is -2.18. The second-order valence-corrected chi connectivity index (χ2v) is 4.77. The van der Waals surface area contributed by atoms with E-state index in [0.29, 0.717) is 12.3 Å². The fourth-order valence-corrected chi connectivity index (χ4v) is 1.90. The molecule has 2 nitrogen and oxygen atoms in total. The van der Waals surface area contributed by atoms with Crippen LogP contribution in [0.2, 0.25) is 0 Å². The summed E-state index contributed by atoms with van der Waals surface area (Å²) in [5.41, 5.74) is 6.66. The Balaban J connectivity index is 2.17. The Labute approximate surface area is 114 Å². The average molecular weight is 310 g/mol. The molecule has 0 saturated carbocycles. The fourth-order valence-electron chi connectivity index (χ4n) is 1.63. The summed E-state index contributed by atoms with van der Waals surface area (Å²) in [6.45, 7) is 0.331. The first-order valence-corrected chi connectivity index (χ1v) is 6.36. The van der Waals surface area contributed by atoms with E-state index in [1.165, 1.54) is 12.1 Å². The summed E-state index contributed by atoms with van der Waals surface area (Å²) in [7, 11) is 0. The third kappa shape index (κ3) is 3.31. The lowest BCUT2D eigenvalue weighted by Gasteiger charge is -2.18. The molecule has 94 valence electrons. The molecule has 2 N–H and O–H groups in total. The third-order valence-electron chi connectivity index (χ3n) is 2.53. The summed E-state index contributed by atoms with van der Waals surface area (Å²) in [6, 6.07) is 13.8. The maximum absolute atomic E-state index is 13.1. The van der Waals surface area contributed by atoms with Crippen molar-refractivity contribution < 1.29 is 9.13 Å². The van der Waals surface area contributed by atoms with Gasteiger partial charge in [0.1, 0.15) is 17.7 Å². The van der Waals surface area contributed by atoms with Crippen LogP contribution in [0.4, 0.5) is 4.39 Å². The van der Waals surface area contributed by atoms with Crippen LogP contribution >= 0.6 is 15.9 Å². The lowest BCUT2D eigenvalue weighted by atomic mass is 10.1. The van der Waals surface area contributed by atoms with Gasteiger partial charge in [0.2, 0.25) is 0 Å². The summed E-state index contributed by atoms with van der Waals surface area (Å²) in [5, 5.41) is 0. The Morgan fingerprint density at radius 3 is 2.50 bits per heavy atom. The molecule has 0 amide bonds. The SMILES string of the molecule is NCC(Oc1cccc(F)c1)c1ccc(Br)cc1. The van der Waals surface area contributed by atoms with Crippen LogP contribution in [0.5, 0.6) is 5.75 Å². The average Bonchev–Trinajstić information content (AvgIpc) is 2.37. The third-order valence-corrected chi connectivity index (χ3v) is 3.06. The number of hydrogen-bond donors (Lipinski definition) is 1. The maximum atomic E-state index is 13.1. The van der Waals surface area contributed by atoms with E-state index in [-0.39, 0.29) is 11.9 Å². The van der Waals surface area contributed by atoms with Crippen LogP contribution in [-0.2, 0) is 0 Å². The topological polar surface area (TPSA) is 35.2 Å². The van der Waals surface area contributed by atoms with E-state index in [0.717, 1.165) is 10.0 Å². The molecule has 2 aromatic rings. The van der Waals surface area contributed by atoms with E-state index in [2.05, 4.69) is 15.9 Å². The summed E-state index contributed by atoms with van der Waals surface area (Å²) in [5.74, 6) is 0.160. The predicted octanol–water partition coefficient (Wildman–Crippen LogP) is 3.67. The molecule has 0 spiro atoms. The van der Waals surface area contributed by atoms with E-state index >= 15 is 0 Å².